The van der Waals surface area contributed by atoms with Gasteiger partial charge in [0.1, 0.15) is 12.3 Å². The Bertz CT molecular complexity index is 840. The van der Waals surface area contributed by atoms with Crippen LogP contribution in [0.15, 0.2) is 48.5 Å². The van der Waals surface area contributed by atoms with Crippen LogP contribution in [0.4, 0.5) is 5.69 Å². The third kappa shape index (κ3) is 4.30. The molecule has 1 atom stereocenters. The van der Waals surface area contributed by atoms with Crippen LogP contribution >= 0.6 is 0 Å². The molecule has 5 heteroatoms. The van der Waals surface area contributed by atoms with Gasteiger partial charge < -0.3 is 10.1 Å². The molecule has 1 heterocycles. The maximum Gasteiger partial charge on any atom is 0.265 e. The number of nitrogens with one attached hydrogen (secondary N) is 1. The fraction of sp³-hybridized carbons (Fsp3) is 0.364. The van der Waals surface area contributed by atoms with E-state index in [-0.39, 0.29) is 36.4 Å². The number of carbonyl (C=O) groups is 2. The molecule has 1 unspecified atom stereocenters. The van der Waals surface area contributed by atoms with E-state index in [1.807, 2.05) is 55.5 Å². The van der Waals surface area contributed by atoms with Crippen molar-refractivity contribution in [2.75, 3.05) is 18.1 Å². The molecule has 142 valence electrons. The summed E-state index contributed by atoms with van der Waals surface area (Å²) in [5, 5.41) is 2.97. The quantitative estimate of drug-likeness (QED) is 0.900. The number of nitrogens with zero attached hydrogens (tertiary/aromatic N) is 1. The van der Waals surface area contributed by atoms with Gasteiger partial charge in [-0.2, -0.15) is 0 Å². The van der Waals surface area contributed by atoms with Gasteiger partial charge in [0.25, 0.3) is 5.91 Å². The van der Waals surface area contributed by atoms with Crippen LogP contribution in [0.25, 0.3) is 0 Å². The van der Waals surface area contributed by atoms with E-state index in [2.05, 4.69) is 26.1 Å². The lowest BCUT2D eigenvalue weighted by atomic mass is 9.86. The van der Waals surface area contributed by atoms with Crippen molar-refractivity contribution >= 4 is 17.5 Å². The number of ether oxygens (including phenoxy) is 1. The first-order valence-electron chi connectivity index (χ1n) is 9.18. The summed E-state index contributed by atoms with van der Waals surface area (Å²) in [5.41, 5.74) is 2.70. The van der Waals surface area contributed by atoms with Crippen LogP contribution in [-0.4, -0.2) is 25.0 Å². The van der Waals surface area contributed by atoms with Crippen molar-refractivity contribution in [1.82, 2.24) is 5.32 Å². The second-order valence-electron chi connectivity index (χ2n) is 7.90. The zero-order valence-electron chi connectivity index (χ0n) is 16.3. The number of rotatable bonds is 4. The van der Waals surface area contributed by atoms with Gasteiger partial charge in [-0.15, -0.1) is 0 Å². The molecular formula is C22H26N2O3. The van der Waals surface area contributed by atoms with Gasteiger partial charge in [0.2, 0.25) is 5.91 Å². The van der Waals surface area contributed by atoms with Gasteiger partial charge in [0.05, 0.1) is 11.7 Å². The SMILES string of the molecule is CC(NC(=O)CN1C(=O)COc2ccc(C(C)(C)C)cc21)c1ccccc1. The number of carbonyl (C=O) groups excluding carboxylic acids is 2. The zero-order valence-corrected chi connectivity index (χ0v) is 16.3. The first kappa shape index (κ1) is 19.0. The molecule has 0 saturated heterocycles. The Morgan fingerprint density at radius 3 is 2.56 bits per heavy atom. The smallest absolute Gasteiger partial charge is 0.265 e. The molecule has 1 aliphatic heterocycles. The predicted octanol–water partition coefficient (Wildman–Crippen LogP) is 3.59. The Labute approximate surface area is 160 Å². The molecule has 2 aromatic rings. The van der Waals surface area contributed by atoms with E-state index in [0.29, 0.717) is 11.4 Å². The van der Waals surface area contributed by atoms with Crippen LogP contribution in [0.2, 0.25) is 0 Å². The van der Waals surface area contributed by atoms with Gasteiger partial charge in [-0.25, -0.2) is 0 Å². The third-order valence-corrected chi connectivity index (χ3v) is 4.75. The molecule has 1 N–H and O–H groups in total. The lowest BCUT2D eigenvalue weighted by Gasteiger charge is -2.31. The van der Waals surface area contributed by atoms with E-state index in [1.54, 1.807) is 0 Å². The molecule has 0 radical (unpaired) electrons. The number of fused-ring (bicyclic) bond motifs is 1. The third-order valence-electron chi connectivity index (χ3n) is 4.75. The van der Waals surface area contributed by atoms with E-state index in [9.17, 15) is 9.59 Å². The minimum absolute atomic E-state index is 0.0278. The summed E-state index contributed by atoms with van der Waals surface area (Å²) in [6.07, 6.45) is 0. The van der Waals surface area contributed by atoms with Gasteiger partial charge in [0, 0.05) is 0 Å². The molecule has 5 nitrogen and oxygen atoms in total. The fourth-order valence-electron chi connectivity index (χ4n) is 3.10. The highest BCUT2D eigenvalue weighted by Crippen LogP contribution is 2.36. The topological polar surface area (TPSA) is 58.6 Å². The average Bonchev–Trinajstić information content (AvgIpc) is 2.63. The van der Waals surface area contributed by atoms with E-state index in [4.69, 9.17) is 4.74 Å². The molecule has 0 spiro atoms. The molecule has 3 rings (SSSR count). The normalized spacial score (nSPS) is 15.0. The summed E-state index contributed by atoms with van der Waals surface area (Å²) in [6, 6.07) is 15.4. The zero-order chi connectivity index (χ0) is 19.6. The molecule has 0 aromatic heterocycles. The van der Waals surface area contributed by atoms with Crippen molar-refractivity contribution in [3.8, 4) is 5.75 Å². The molecular weight excluding hydrogens is 340 g/mol. The Morgan fingerprint density at radius 1 is 1.19 bits per heavy atom. The minimum atomic E-state index is -0.212. The lowest BCUT2D eigenvalue weighted by Crippen LogP contribution is -2.45. The molecule has 0 bridgehead atoms. The lowest BCUT2D eigenvalue weighted by molar-refractivity contribution is -0.125. The number of amides is 2. The Morgan fingerprint density at radius 2 is 1.89 bits per heavy atom. The largest absolute Gasteiger partial charge is 0.482 e. The molecule has 1 aliphatic rings. The van der Waals surface area contributed by atoms with Crippen molar-refractivity contribution in [3.05, 3.63) is 59.7 Å². The maximum absolute atomic E-state index is 12.6. The molecule has 0 fully saturated rings. The first-order chi connectivity index (χ1) is 12.8. The average molecular weight is 366 g/mol. The van der Waals surface area contributed by atoms with Gasteiger partial charge in [0.15, 0.2) is 6.61 Å². The maximum atomic E-state index is 12.6. The van der Waals surface area contributed by atoms with E-state index in [0.717, 1.165) is 11.1 Å². The molecule has 27 heavy (non-hydrogen) atoms. The Hall–Kier alpha value is -2.82. The van der Waals surface area contributed by atoms with Crippen molar-refractivity contribution in [1.29, 1.82) is 0 Å². The summed E-state index contributed by atoms with van der Waals surface area (Å²) in [5.74, 6) is 0.219. The first-order valence-corrected chi connectivity index (χ1v) is 9.18. The van der Waals surface area contributed by atoms with Crippen molar-refractivity contribution < 1.29 is 14.3 Å². The predicted molar refractivity (Wildman–Crippen MR) is 106 cm³/mol. The van der Waals surface area contributed by atoms with Gasteiger partial charge in [-0.3, -0.25) is 14.5 Å². The second kappa shape index (κ2) is 7.43. The number of anilines is 1. The standard InChI is InChI=1S/C22H26N2O3/c1-15(16-8-6-5-7-9-16)23-20(25)13-24-18-12-17(22(2,3)4)10-11-19(18)27-14-21(24)26/h5-12,15H,13-14H2,1-4H3,(H,23,25). The Kier molecular flexibility index (Phi) is 5.22. The summed E-state index contributed by atoms with van der Waals surface area (Å²) in [4.78, 5) is 26.5. The van der Waals surface area contributed by atoms with Crippen molar-refractivity contribution in [2.45, 2.75) is 39.2 Å². The number of benzene rings is 2. The van der Waals surface area contributed by atoms with Crippen molar-refractivity contribution in [2.24, 2.45) is 0 Å². The van der Waals surface area contributed by atoms with E-state index in [1.165, 1.54) is 4.90 Å². The van der Waals surface area contributed by atoms with Gasteiger partial charge >= 0.3 is 0 Å². The van der Waals surface area contributed by atoms with Crippen LogP contribution in [0.5, 0.6) is 5.75 Å². The molecule has 2 aromatic carbocycles. The van der Waals surface area contributed by atoms with Crippen LogP contribution in [0.1, 0.15) is 44.9 Å². The highest BCUT2D eigenvalue weighted by molar-refractivity contribution is 6.02. The monoisotopic (exact) mass is 366 g/mol. The van der Waals surface area contributed by atoms with Gasteiger partial charge in [-0.05, 0) is 35.6 Å². The van der Waals surface area contributed by atoms with Crippen molar-refractivity contribution in [3.63, 3.8) is 0 Å². The Balaban J connectivity index is 1.78. The van der Waals surface area contributed by atoms with E-state index >= 15 is 0 Å². The summed E-state index contributed by atoms with van der Waals surface area (Å²) >= 11 is 0. The molecule has 0 saturated carbocycles. The molecule has 2 amide bonds. The van der Waals surface area contributed by atoms with Crippen LogP contribution in [0, 0.1) is 0 Å². The second-order valence-corrected chi connectivity index (χ2v) is 7.90. The van der Waals surface area contributed by atoms with Crippen LogP contribution < -0.4 is 15.0 Å². The number of hydrogen-bond acceptors (Lipinski definition) is 3. The summed E-state index contributed by atoms with van der Waals surface area (Å²) in [7, 11) is 0. The minimum Gasteiger partial charge on any atom is -0.482 e. The highest BCUT2D eigenvalue weighted by atomic mass is 16.5. The van der Waals surface area contributed by atoms with Crippen LogP contribution in [-0.2, 0) is 15.0 Å². The summed E-state index contributed by atoms with van der Waals surface area (Å²) < 4.78 is 5.54. The number of hydrogen-bond donors (Lipinski definition) is 1. The van der Waals surface area contributed by atoms with E-state index < -0.39 is 0 Å². The van der Waals surface area contributed by atoms with Gasteiger partial charge in [-0.1, -0.05) is 57.2 Å². The van der Waals surface area contributed by atoms with Crippen LogP contribution in [0.3, 0.4) is 0 Å². The molecule has 0 aliphatic carbocycles. The fourth-order valence-corrected chi connectivity index (χ4v) is 3.10. The summed E-state index contributed by atoms with van der Waals surface area (Å²) in [6.45, 7) is 8.18. The highest BCUT2D eigenvalue weighted by Gasteiger charge is 2.29.